The smallest absolute Gasteiger partial charge is 0.416 e. The van der Waals surface area contributed by atoms with E-state index in [1.807, 2.05) is 0 Å². The van der Waals surface area contributed by atoms with E-state index in [1.54, 1.807) is 0 Å². The minimum absolute atomic E-state index is 0.0312. The van der Waals surface area contributed by atoms with E-state index in [4.69, 9.17) is 20.9 Å². The Balaban J connectivity index is 1.72. The Morgan fingerprint density at radius 1 is 0.533 bits per heavy atom. The molecule has 0 aliphatic heterocycles. The second-order valence-corrected chi connectivity index (χ2v) is 6.18. The highest BCUT2D eigenvalue weighted by Crippen LogP contribution is 2.37. The number of anilines is 2. The summed E-state index contributed by atoms with van der Waals surface area (Å²) < 4.78 is 87.0. The van der Waals surface area contributed by atoms with Crippen LogP contribution in [0.4, 0.5) is 37.7 Å². The van der Waals surface area contributed by atoms with Crippen molar-refractivity contribution in [3.05, 3.63) is 71.8 Å². The van der Waals surface area contributed by atoms with Crippen LogP contribution in [0, 0.1) is 0 Å². The summed E-state index contributed by atoms with van der Waals surface area (Å²) in [6.45, 7) is 0. The number of hydrogen-bond donors (Lipinski definition) is 2. The molecule has 0 aromatic heterocycles. The molecule has 0 atom stereocenters. The van der Waals surface area contributed by atoms with Crippen LogP contribution >= 0.6 is 0 Å². The van der Waals surface area contributed by atoms with Gasteiger partial charge in [0.2, 0.25) is 0 Å². The van der Waals surface area contributed by atoms with Gasteiger partial charge >= 0.3 is 12.4 Å². The number of alkyl halides is 6. The molecule has 0 saturated heterocycles. The normalized spacial score (nSPS) is 11.9. The minimum atomic E-state index is -4.52. The van der Waals surface area contributed by atoms with Gasteiger partial charge in [-0.3, -0.25) is 0 Å². The first-order valence-electron chi connectivity index (χ1n) is 8.33. The van der Waals surface area contributed by atoms with Gasteiger partial charge in [-0.15, -0.1) is 0 Å². The summed E-state index contributed by atoms with van der Waals surface area (Å²) >= 11 is 0. The molecule has 3 aromatic rings. The predicted octanol–water partition coefficient (Wildman–Crippen LogP) is 6.47. The van der Waals surface area contributed by atoms with E-state index < -0.39 is 23.5 Å². The van der Waals surface area contributed by atoms with Crippen LogP contribution in [0.2, 0.25) is 0 Å². The van der Waals surface area contributed by atoms with E-state index >= 15 is 0 Å². The van der Waals surface area contributed by atoms with E-state index in [2.05, 4.69) is 0 Å². The zero-order valence-corrected chi connectivity index (χ0v) is 15.0. The summed E-state index contributed by atoms with van der Waals surface area (Å²) in [5, 5.41) is 0. The van der Waals surface area contributed by atoms with Crippen molar-refractivity contribution in [1.82, 2.24) is 0 Å². The average molecular weight is 428 g/mol. The molecule has 3 rings (SSSR count). The van der Waals surface area contributed by atoms with Gasteiger partial charge in [-0.25, -0.2) is 0 Å². The molecule has 0 aliphatic carbocycles. The number of ether oxygens (including phenoxy) is 2. The maximum absolute atomic E-state index is 12.7. The monoisotopic (exact) mass is 428 g/mol. The molecule has 3 aromatic carbocycles. The van der Waals surface area contributed by atoms with Gasteiger partial charge in [-0.1, -0.05) is 0 Å². The number of nitrogen functional groups attached to an aromatic ring is 2. The standard InChI is InChI=1S/C20H14F6N2O2/c21-19(22,23)11-1-7-17(15(27)9-11)29-13-3-5-14(6-4-13)30-18-8-2-12(10-16(18)28)20(24,25)26/h1-10H,27-28H2. The molecule has 4 N–H and O–H groups in total. The maximum Gasteiger partial charge on any atom is 0.416 e. The molecule has 0 saturated carbocycles. The lowest BCUT2D eigenvalue weighted by molar-refractivity contribution is -0.138. The molecular weight excluding hydrogens is 414 g/mol. The third-order valence-electron chi connectivity index (χ3n) is 3.95. The van der Waals surface area contributed by atoms with Crippen LogP contribution in [0.15, 0.2) is 60.7 Å². The predicted molar refractivity (Wildman–Crippen MR) is 98.3 cm³/mol. The maximum atomic E-state index is 12.7. The molecule has 0 amide bonds. The molecule has 0 spiro atoms. The molecule has 0 heterocycles. The van der Waals surface area contributed by atoms with Crippen LogP contribution < -0.4 is 20.9 Å². The highest BCUT2D eigenvalue weighted by Gasteiger charge is 2.31. The summed E-state index contributed by atoms with van der Waals surface area (Å²) in [5.41, 5.74) is 9.05. The average Bonchev–Trinajstić information content (AvgIpc) is 2.65. The van der Waals surface area contributed by atoms with Crippen LogP contribution in [0.1, 0.15) is 11.1 Å². The molecule has 0 radical (unpaired) electrons. The summed E-state index contributed by atoms with van der Waals surface area (Å²) in [7, 11) is 0. The van der Waals surface area contributed by atoms with E-state index in [0.717, 1.165) is 36.4 Å². The number of hydrogen-bond acceptors (Lipinski definition) is 4. The van der Waals surface area contributed by atoms with Crippen molar-refractivity contribution in [1.29, 1.82) is 0 Å². The molecular formula is C20H14F6N2O2. The molecule has 0 unspecified atom stereocenters. The van der Waals surface area contributed by atoms with Gasteiger partial charge in [-0.2, -0.15) is 26.3 Å². The molecule has 0 fully saturated rings. The Kier molecular flexibility index (Phi) is 5.43. The number of benzene rings is 3. The fraction of sp³-hybridized carbons (Fsp3) is 0.100. The lowest BCUT2D eigenvalue weighted by atomic mass is 10.2. The lowest BCUT2D eigenvalue weighted by Gasteiger charge is -2.13. The lowest BCUT2D eigenvalue weighted by Crippen LogP contribution is -2.06. The van der Waals surface area contributed by atoms with Gasteiger partial charge in [0.1, 0.15) is 23.0 Å². The second kappa shape index (κ2) is 7.69. The quantitative estimate of drug-likeness (QED) is 0.369. The minimum Gasteiger partial charge on any atom is -0.455 e. The zero-order chi connectivity index (χ0) is 22.1. The van der Waals surface area contributed by atoms with Crippen molar-refractivity contribution in [2.24, 2.45) is 0 Å². The Bertz CT molecular complexity index is 962. The van der Waals surface area contributed by atoms with Crippen molar-refractivity contribution >= 4 is 11.4 Å². The van der Waals surface area contributed by atoms with Gasteiger partial charge in [0, 0.05) is 0 Å². The Hall–Kier alpha value is -3.56. The highest BCUT2D eigenvalue weighted by atomic mass is 19.4. The third kappa shape index (κ3) is 4.88. The van der Waals surface area contributed by atoms with Crippen molar-refractivity contribution in [3.63, 3.8) is 0 Å². The number of halogens is 6. The van der Waals surface area contributed by atoms with Gasteiger partial charge in [-0.05, 0) is 60.7 Å². The van der Waals surface area contributed by atoms with Crippen molar-refractivity contribution in [3.8, 4) is 23.0 Å². The zero-order valence-electron chi connectivity index (χ0n) is 15.0. The van der Waals surface area contributed by atoms with Gasteiger partial charge in [0.05, 0.1) is 22.5 Å². The van der Waals surface area contributed by atoms with E-state index in [1.165, 1.54) is 24.3 Å². The summed E-state index contributed by atoms with van der Waals surface area (Å²) in [5.74, 6) is 0.579. The van der Waals surface area contributed by atoms with Crippen LogP contribution in [-0.2, 0) is 12.4 Å². The van der Waals surface area contributed by atoms with Crippen LogP contribution in [0.3, 0.4) is 0 Å². The van der Waals surface area contributed by atoms with Gasteiger partial charge < -0.3 is 20.9 Å². The topological polar surface area (TPSA) is 70.5 Å². The molecule has 30 heavy (non-hydrogen) atoms. The van der Waals surface area contributed by atoms with E-state index in [9.17, 15) is 26.3 Å². The summed E-state index contributed by atoms with van der Waals surface area (Å²) in [4.78, 5) is 0. The van der Waals surface area contributed by atoms with Crippen molar-refractivity contribution in [2.45, 2.75) is 12.4 Å². The third-order valence-corrected chi connectivity index (χ3v) is 3.95. The van der Waals surface area contributed by atoms with Crippen LogP contribution in [0.25, 0.3) is 0 Å². The first kappa shape index (κ1) is 21.2. The molecule has 158 valence electrons. The first-order chi connectivity index (χ1) is 13.9. The van der Waals surface area contributed by atoms with Crippen LogP contribution in [0.5, 0.6) is 23.0 Å². The highest BCUT2D eigenvalue weighted by molar-refractivity contribution is 5.57. The summed E-state index contributed by atoms with van der Waals surface area (Å²) in [6, 6.07) is 11.2. The molecule has 0 aliphatic rings. The number of rotatable bonds is 4. The summed E-state index contributed by atoms with van der Waals surface area (Å²) in [6.07, 6.45) is -9.04. The first-order valence-corrected chi connectivity index (χ1v) is 8.33. The fourth-order valence-electron chi connectivity index (χ4n) is 2.47. The molecule has 10 heteroatoms. The van der Waals surface area contributed by atoms with E-state index in [0.29, 0.717) is 0 Å². The largest absolute Gasteiger partial charge is 0.455 e. The van der Waals surface area contributed by atoms with Crippen molar-refractivity contribution in [2.75, 3.05) is 11.5 Å². The van der Waals surface area contributed by atoms with Gasteiger partial charge in [0.25, 0.3) is 0 Å². The van der Waals surface area contributed by atoms with Crippen molar-refractivity contribution < 1.29 is 35.8 Å². The SMILES string of the molecule is Nc1cc(C(F)(F)F)ccc1Oc1ccc(Oc2ccc(C(F)(F)F)cc2N)cc1. The Morgan fingerprint density at radius 2 is 0.867 bits per heavy atom. The Labute approximate surface area is 166 Å². The van der Waals surface area contributed by atoms with E-state index in [-0.39, 0.29) is 34.4 Å². The number of nitrogens with two attached hydrogens (primary N) is 2. The molecule has 4 nitrogen and oxygen atoms in total. The fourth-order valence-corrected chi connectivity index (χ4v) is 2.47. The molecule has 0 bridgehead atoms. The second-order valence-electron chi connectivity index (χ2n) is 6.18. The Morgan fingerprint density at radius 3 is 1.13 bits per heavy atom. The van der Waals surface area contributed by atoms with Gasteiger partial charge in [0.15, 0.2) is 0 Å². The van der Waals surface area contributed by atoms with Crippen LogP contribution in [-0.4, -0.2) is 0 Å².